The molecule has 7 heteroatoms. The van der Waals surface area contributed by atoms with Gasteiger partial charge in [0.05, 0.1) is 16.8 Å². The Morgan fingerprint density at radius 3 is 2.71 bits per heavy atom. The summed E-state index contributed by atoms with van der Waals surface area (Å²) in [5.74, 6) is -2.03. The van der Waals surface area contributed by atoms with Crippen LogP contribution in [0.3, 0.4) is 0 Å². The second-order valence-electron chi connectivity index (χ2n) is 5.89. The number of ether oxygens (including phenoxy) is 1. The Balaban J connectivity index is 2.08. The molecule has 1 fully saturated rings. The number of oxazole rings is 1. The average Bonchev–Trinajstić information content (AvgIpc) is 3.11. The summed E-state index contributed by atoms with van der Waals surface area (Å²) in [6.07, 6.45) is 3.96. The van der Waals surface area contributed by atoms with Crippen molar-refractivity contribution in [2.45, 2.75) is 38.7 Å². The molecule has 0 saturated heterocycles. The predicted octanol–water partition coefficient (Wildman–Crippen LogP) is 4.28. The molecule has 1 aliphatic carbocycles. The molecule has 0 atom stereocenters. The average molecular weight is 354 g/mol. The zero-order valence-electron chi connectivity index (χ0n) is 13.1. The highest BCUT2D eigenvalue weighted by Gasteiger charge is 2.23. The first kappa shape index (κ1) is 16.6. The van der Waals surface area contributed by atoms with Crippen LogP contribution in [-0.4, -0.2) is 15.8 Å². The van der Waals surface area contributed by atoms with Crippen molar-refractivity contribution in [2.75, 3.05) is 0 Å². The quantitative estimate of drug-likeness (QED) is 0.890. The van der Waals surface area contributed by atoms with Crippen LogP contribution in [0.5, 0.6) is 11.6 Å². The van der Waals surface area contributed by atoms with E-state index < -0.39 is 17.5 Å². The fourth-order valence-corrected chi connectivity index (χ4v) is 3.02. The number of nitrogens with zero attached hydrogens (tertiary/aromatic N) is 1. The van der Waals surface area contributed by atoms with Gasteiger partial charge >= 0.3 is 5.76 Å². The normalized spacial score (nSPS) is 15.0. The molecule has 0 unspecified atom stereocenters. The first-order valence-corrected chi connectivity index (χ1v) is 8.03. The molecule has 2 aromatic rings. The maximum absolute atomic E-state index is 14.3. The topological polar surface area (TPSA) is 64.6 Å². The second kappa shape index (κ2) is 6.36. The third-order valence-corrected chi connectivity index (χ3v) is 4.31. The van der Waals surface area contributed by atoms with E-state index in [0.29, 0.717) is 5.57 Å². The Labute approximate surface area is 142 Å². The van der Waals surface area contributed by atoms with E-state index in [4.69, 9.17) is 20.8 Å². The summed E-state index contributed by atoms with van der Waals surface area (Å²) in [5, 5.41) is 10.3. The predicted molar refractivity (Wildman–Crippen MR) is 88.5 cm³/mol. The van der Waals surface area contributed by atoms with E-state index in [2.05, 4.69) is 6.58 Å². The van der Waals surface area contributed by atoms with Gasteiger partial charge in [-0.2, -0.15) is 0 Å². The van der Waals surface area contributed by atoms with Gasteiger partial charge in [0.1, 0.15) is 11.6 Å². The molecule has 5 nitrogen and oxygen atoms in total. The van der Waals surface area contributed by atoms with Crippen molar-refractivity contribution in [1.82, 2.24) is 4.57 Å². The maximum Gasteiger partial charge on any atom is 0.427 e. The zero-order chi connectivity index (χ0) is 17.4. The summed E-state index contributed by atoms with van der Waals surface area (Å²) < 4.78 is 25.8. The number of benzene rings is 1. The first-order chi connectivity index (χ1) is 11.4. The molecule has 1 N–H and O–H groups in total. The van der Waals surface area contributed by atoms with Gasteiger partial charge < -0.3 is 14.3 Å². The van der Waals surface area contributed by atoms with Gasteiger partial charge in [0.15, 0.2) is 5.76 Å². The van der Waals surface area contributed by atoms with Crippen molar-refractivity contribution in [3.8, 4) is 17.3 Å². The fourth-order valence-electron chi connectivity index (χ4n) is 2.82. The Kier molecular flexibility index (Phi) is 4.41. The monoisotopic (exact) mass is 353 g/mol. The summed E-state index contributed by atoms with van der Waals surface area (Å²) in [4.78, 5) is 12.0. The molecule has 0 bridgehead atoms. The van der Waals surface area contributed by atoms with Crippen molar-refractivity contribution in [1.29, 1.82) is 0 Å². The molecule has 1 saturated carbocycles. The molecule has 0 spiro atoms. The van der Waals surface area contributed by atoms with Crippen LogP contribution in [0, 0.1) is 5.82 Å². The van der Waals surface area contributed by atoms with E-state index in [1.54, 1.807) is 6.92 Å². The molecule has 128 valence electrons. The number of hydrogen-bond acceptors (Lipinski definition) is 4. The van der Waals surface area contributed by atoms with E-state index in [1.165, 1.54) is 6.07 Å². The molecule has 0 amide bonds. The van der Waals surface area contributed by atoms with E-state index in [1.807, 2.05) is 0 Å². The minimum Gasteiger partial charge on any atom is -0.491 e. The summed E-state index contributed by atoms with van der Waals surface area (Å²) >= 11 is 6.05. The van der Waals surface area contributed by atoms with E-state index in [0.717, 1.165) is 36.3 Å². The summed E-state index contributed by atoms with van der Waals surface area (Å²) in [7, 11) is 0. The van der Waals surface area contributed by atoms with E-state index in [-0.39, 0.29) is 28.3 Å². The molecule has 0 radical (unpaired) electrons. The second-order valence-corrected chi connectivity index (χ2v) is 6.30. The number of allylic oxidation sites excluding steroid dienone is 1. The highest BCUT2D eigenvalue weighted by molar-refractivity contribution is 6.32. The number of halogens is 2. The molecule has 3 rings (SSSR count). The van der Waals surface area contributed by atoms with E-state index >= 15 is 0 Å². The maximum atomic E-state index is 14.3. The molecule has 0 aliphatic heterocycles. The van der Waals surface area contributed by atoms with Gasteiger partial charge in [0, 0.05) is 6.07 Å². The van der Waals surface area contributed by atoms with Crippen molar-refractivity contribution in [3.63, 3.8) is 0 Å². The first-order valence-electron chi connectivity index (χ1n) is 7.65. The number of hydrogen-bond donors (Lipinski definition) is 1. The van der Waals surface area contributed by atoms with Crippen molar-refractivity contribution < 1.29 is 18.7 Å². The summed E-state index contributed by atoms with van der Waals surface area (Å²) in [6, 6.07) is 2.36. The largest absolute Gasteiger partial charge is 0.491 e. The van der Waals surface area contributed by atoms with Crippen LogP contribution in [0.15, 0.2) is 27.9 Å². The lowest BCUT2D eigenvalue weighted by molar-refractivity contribution is 0.210. The smallest absolute Gasteiger partial charge is 0.427 e. The van der Waals surface area contributed by atoms with Crippen LogP contribution in [0.1, 0.15) is 38.4 Å². The molecular formula is C17H17ClFNO4. The molecule has 1 aliphatic rings. The summed E-state index contributed by atoms with van der Waals surface area (Å²) in [5.41, 5.74) is 0.159. The molecule has 24 heavy (non-hydrogen) atoms. The third-order valence-electron chi connectivity index (χ3n) is 4.01. The number of aromatic nitrogens is 1. The van der Waals surface area contributed by atoms with Crippen LogP contribution in [0.4, 0.5) is 4.39 Å². The van der Waals surface area contributed by atoms with Crippen molar-refractivity contribution in [2.24, 2.45) is 0 Å². The zero-order valence-corrected chi connectivity index (χ0v) is 13.9. The number of aromatic hydroxyl groups is 1. The lowest BCUT2D eigenvalue weighted by Gasteiger charge is -2.16. The molecule has 1 aromatic heterocycles. The Hall–Kier alpha value is -2.21. The Morgan fingerprint density at radius 1 is 1.46 bits per heavy atom. The van der Waals surface area contributed by atoms with Gasteiger partial charge in [-0.3, -0.25) is 0 Å². The van der Waals surface area contributed by atoms with Crippen LogP contribution in [-0.2, 0) is 0 Å². The van der Waals surface area contributed by atoms with Crippen LogP contribution < -0.4 is 10.5 Å². The lowest BCUT2D eigenvalue weighted by atomic mass is 10.2. The molecular weight excluding hydrogens is 337 g/mol. The van der Waals surface area contributed by atoms with Gasteiger partial charge in [-0.1, -0.05) is 18.2 Å². The standard InChI is InChI=1S/C17H17ClFNO4/c1-9(2)15-16(21)20(17(22)24-15)13-8-14(11(18)7-12(13)19)23-10-5-3-4-6-10/h7-8,10,21H,1,3-6H2,2H3. The minimum absolute atomic E-state index is 0.0152. The van der Waals surface area contributed by atoms with Gasteiger partial charge in [-0.25, -0.2) is 13.8 Å². The van der Waals surface area contributed by atoms with Gasteiger partial charge in [0.2, 0.25) is 5.88 Å². The third kappa shape index (κ3) is 2.94. The fraction of sp³-hybridized carbons (Fsp3) is 0.353. The molecule has 1 aromatic carbocycles. The van der Waals surface area contributed by atoms with Crippen molar-refractivity contribution in [3.05, 3.63) is 45.9 Å². The molecule has 1 heterocycles. The minimum atomic E-state index is -0.918. The van der Waals surface area contributed by atoms with Crippen LogP contribution in [0.2, 0.25) is 5.02 Å². The van der Waals surface area contributed by atoms with Crippen molar-refractivity contribution >= 4 is 17.2 Å². The van der Waals surface area contributed by atoms with E-state index in [9.17, 15) is 14.3 Å². The van der Waals surface area contributed by atoms with Crippen LogP contribution in [0.25, 0.3) is 11.3 Å². The number of rotatable bonds is 4. The highest BCUT2D eigenvalue weighted by atomic mass is 35.5. The van der Waals surface area contributed by atoms with Gasteiger partial charge in [0.25, 0.3) is 0 Å². The summed E-state index contributed by atoms with van der Waals surface area (Å²) in [6.45, 7) is 5.18. The van der Waals surface area contributed by atoms with Gasteiger partial charge in [-0.05, 0) is 44.2 Å². The van der Waals surface area contributed by atoms with Gasteiger partial charge in [-0.15, -0.1) is 0 Å². The Morgan fingerprint density at radius 2 is 2.12 bits per heavy atom. The van der Waals surface area contributed by atoms with Crippen LogP contribution >= 0.6 is 11.6 Å². The lowest BCUT2D eigenvalue weighted by Crippen LogP contribution is -2.15. The Bertz CT molecular complexity index is 849. The highest BCUT2D eigenvalue weighted by Crippen LogP contribution is 2.35. The SMILES string of the molecule is C=C(C)c1oc(=O)n(-c2cc(OC3CCCC3)c(Cl)cc2F)c1O.